The van der Waals surface area contributed by atoms with Gasteiger partial charge in [-0.15, -0.1) is 0 Å². The average molecular weight is 381 g/mol. The molecule has 0 aromatic carbocycles. The lowest BCUT2D eigenvalue weighted by molar-refractivity contribution is 0.0740. The van der Waals surface area contributed by atoms with Gasteiger partial charge in [-0.05, 0) is 24.7 Å². The van der Waals surface area contributed by atoms with Gasteiger partial charge in [0.1, 0.15) is 5.69 Å². The molecule has 2 aromatic rings. The summed E-state index contributed by atoms with van der Waals surface area (Å²) in [6.07, 6.45) is 5.24. The van der Waals surface area contributed by atoms with E-state index in [4.69, 9.17) is 0 Å². The smallest absolute Gasteiger partial charge is 0.272 e. The highest BCUT2D eigenvalue weighted by Crippen LogP contribution is 2.19. The molecule has 0 bridgehead atoms. The Morgan fingerprint density at radius 3 is 2.25 bits per heavy atom. The Kier molecular flexibility index (Phi) is 5.66. The summed E-state index contributed by atoms with van der Waals surface area (Å²) in [6.45, 7) is 10.1. The highest BCUT2D eigenvalue weighted by atomic mass is 16.2. The molecule has 0 spiro atoms. The van der Waals surface area contributed by atoms with Crippen LogP contribution in [0.2, 0.25) is 0 Å². The van der Waals surface area contributed by atoms with E-state index in [1.165, 1.54) is 0 Å². The predicted molar refractivity (Wildman–Crippen MR) is 109 cm³/mol. The van der Waals surface area contributed by atoms with Crippen LogP contribution < -0.4 is 9.80 Å². The molecule has 8 heteroatoms. The molecule has 0 aliphatic carbocycles. The first-order valence-electron chi connectivity index (χ1n) is 9.99. The lowest BCUT2D eigenvalue weighted by atomic mass is 10.2. The molecule has 0 N–H and O–H groups in total. The summed E-state index contributed by atoms with van der Waals surface area (Å²) in [5.74, 6) is 0.726. The van der Waals surface area contributed by atoms with Gasteiger partial charge in [-0.2, -0.15) is 0 Å². The van der Waals surface area contributed by atoms with E-state index >= 15 is 0 Å². The highest BCUT2D eigenvalue weighted by Gasteiger charge is 2.25. The van der Waals surface area contributed by atoms with Gasteiger partial charge in [0.05, 0.1) is 0 Å². The molecular weight excluding hydrogens is 354 g/mol. The summed E-state index contributed by atoms with van der Waals surface area (Å²) < 4.78 is 0. The fraction of sp³-hybridized carbons (Fsp3) is 0.500. The van der Waals surface area contributed by atoms with E-state index in [9.17, 15) is 4.79 Å². The molecule has 28 heavy (non-hydrogen) atoms. The molecule has 4 rings (SSSR count). The molecule has 0 unspecified atom stereocenters. The van der Waals surface area contributed by atoms with Crippen molar-refractivity contribution in [3.05, 3.63) is 42.5 Å². The summed E-state index contributed by atoms with van der Waals surface area (Å²) in [4.78, 5) is 34.7. The van der Waals surface area contributed by atoms with Crippen molar-refractivity contribution >= 4 is 17.5 Å². The fourth-order valence-electron chi connectivity index (χ4n) is 3.78. The maximum Gasteiger partial charge on any atom is 0.272 e. The number of carbonyl (C=O) groups is 1. The Morgan fingerprint density at radius 1 is 0.893 bits per heavy atom. The molecule has 0 radical (unpaired) electrons. The van der Waals surface area contributed by atoms with Crippen LogP contribution in [0.25, 0.3) is 0 Å². The van der Waals surface area contributed by atoms with Gasteiger partial charge >= 0.3 is 0 Å². The number of rotatable bonds is 4. The summed E-state index contributed by atoms with van der Waals surface area (Å²) >= 11 is 0. The van der Waals surface area contributed by atoms with Crippen LogP contribution in [0.1, 0.15) is 17.4 Å². The van der Waals surface area contributed by atoms with Crippen LogP contribution in [0, 0.1) is 0 Å². The number of hydrogen-bond acceptors (Lipinski definition) is 7. The monoisotopic (exact) mass is 381 g/mol. The molecule has 2 saturated heterocycles. The van der Waals surface area contributed by atoms with E-state index in [1.807, 2.05) is 23.1 Å². The van der Waals surface area contributed by atoms with Gasteiger partial charge < -0.3 is 19.6 Å². The number of carbonyl (C=O) groups excluding carboxylic acids is 1. The van der Waals surface area contributed by atoms with Crippen molar-refractivity contribution in [1.29, 1.82) is 0 Å². The Hall–Kier alpha value is -2.74. The topological polar surface area (TPSA) is 68.7 Å². The third-order valence-electron chi connectivity index (χ3n) is 5.55. The minimum Gasteiger partial charge on any atom is -0.369 e. The number of amides is 1. The number of piperazine rings is 2. The van der Waals surface area contributed by atoms with E-state index in [1.54, 1.807) is 18.6 Å². The molecule has 2 aliphatic heterocycles. The summed E-state index contributed by atoms with van der Waals surface area (Å²) in [6, 6.07) is 5.75. The molecule has 0 saturated carbocycles. The standard InChI is InChI=1S/C20H27N7O/c1-2-24-8-10-25(11-9-24)17-4-7-21-18(16-17)19(28)26-12-14-27(15-13-26)20-22-5-3-6-23-20/h3-7,16H,2,8-15H2,1H3. The first-order valence-corrected chi connectivity index (χ1v) is 9.99. The summed E-state index contributed by atoms with van der Waals surface area (Å²) in [5.41, 5.74) is 1.62. The quantitative estimate of drug-likeness (QED) is 0.782. The first kappa shape index (κ1) is 18.6. The Balaban J connectivity index is 1.38. The minimum atomic E-state index is 0.00248. The number of pyridine rings is 1. The fourth-order valence-corrected chi connectivity index (χ4v) is 3.78. The zero-order valence-corrected chi connectivity index (χ0v) is 16.4. The summed E-state index contributed by atoms with van der Waals surface area (Å²) in [5, 5.41) is 0. The van der Waals surface area contributed by atoms with Crippen molar-refractivity contribution in [1.82, 2.24) is 24.8 Å². The van der Waals surface area contributed by atoms with Crippen LogP contribution in [0.15, 0.2) is 36.8 Å². The molecule has 2 aliphatic rings. The number of hydrogen-bond donors (Lipinski definition) is 0. The van der Waals surface area contributed by atoms with Crippen molar-refractivity contribution < 1.29 is 4.79 Å². The van der Waals surface area contributed by atoms with Crippen LogP contribution in [-0.4, -0.2) is 89.6 Å². The van der Waals surface area contributed by atoms with Crippen molar-refractivity contribution in [2.75, 3.05) is 68.7 Å². The second-order valence-corrected chi connectivity index (χ2v) is 7.15. The number of likely N-dealkylation sites (N-methyl/N-ethyl adjacent to an activating group) is 1. The van der Waals surface area contributed by atoms with Gasteiger partial charge in [0.25, 0.3) is 5.91 Å². The molecule has 1 amide bonds. The molecular formula is C20H27N7O. The third-order valence-corrected chi connectivity index (χ3v) is 5.55. The van der Waals surface area contributed by atoms with E-state index in [0.717, 1.165) is 57.4 Å². The van der Waals surface area contributed by atoms with Gasteiger partial charge in [-0.25, -0.2) is 9.97 Å². The highest BCUT2D eigenvalue weighted by molar-refractivity contribution is 5.93. The van der Waals surface area contributed by atoms with Crippen molar-refractivity contribution in [3.63, 3.8) is 0 Å². The number of aromatic nitrogens is 3. The van der Waals surface area contributed by atoms with E-state index in [-0.39, 0.29) is 5.91 Å². The van der Waals surface area contributed by atoms with Crippen LogP contribution in [0.5, 0.6) is 0 Å². The zero-order valence-electron chi connectivity index (χ0n) is 16.4. The summed E-state index contributed by atoms with van der Waals surface area (Å²) in [7, 11) is 0. The zero-order chi connectivity index (χ0) is 19.3. The second-order valence-electron chi connectivity index (χ2n) is 7.15. The molecule has 148 valence electrons. The molecule has 8 nitrogen and oxygen atoms in total. The lowest BCUT2D eigenvalue weighted by Gasteiger charge is -2.36. The molecule has 0 atom stereocenters. The lowest BCUT2D eigenvalue weighted by Crippen LogP contribution is -2.49. The predicted octanol–water partition coefficient (Wildman–Crippen LogP) is 0.976. The van der Waals surface area contributed by atoms with Crippen LogP contribution in [0.4, 0.5) is 11.6 Å². The van der Waals surface area contributed by atoms with Gasteiger partial charge in [0, 0.05) is 76.6 Å². The molecule has 2 fully saturated rings. The van der Waals surface area contributed by atoms with Crippen molar-refractivity contribution in [3.8, 4) is 0 Å². The average Bonchev–Trinajstić information content (AvgIpc) is 2.79. The number of anilines is 2. The first-order chi connectivity index (χ1) is 13.7. The van der Waals surface area contributed by atoms with Crippen LogP contribution >= 0.6 is 0 Å². The third kappa shape index (κ3) is 4.06. The van der Waals surface area contributed by atoms with Crippen LogP contribution in [0.3, 0.4) is 0 Å². The SMILES string of the molecule is CCN1CCN(c2ccnc(C(=O)N3CCN(c4ncccn4)CC3)c2)CC1. The maximum atomic E-state index is 13.0. The maximum absolute atomic E-state index is 13.0. The van der Waals surface area contributed by atoms with Crippen molar-refractivity contribution in [2.24, 2.45) is 0 Å². The Bertz CT molecular complexity index is 784. The molecule has 4 heterocycles. The van der Waals surface area contributed by atoms with Gasteiger partial charge in [0.15, 0.2) is 0 Å². The largest absolute Gasteiger partial charge is 0.369 e. The van der Waals surface area contributed by atoms with Gasteiger partial charge in [0.2, 0.25) is 5.95 Å². The normalized spacial score (nSPS) is 18.4. The number of nitrogens with zero attached hydrogens (tertiary/aromatic N) is 7. The van der Waals surface area contributed by atoms with Crippen molar-refractivity contribution in [2.45, 2.75) is 6.92 Å². The van der Waals surface area contributed by atoms with E-state index < -0.39 is 0 Å². The van der Waals surface area contributed by atoms with Gasteiger partial charge in [-0.3, -0.25) is 9.78 Å². The van der Waals surface area contributed by atoms with Gasteiger partial charge in [-0.1, -0.05) is 6.92 Å². The Labute approximate surface area is 165 Å². The van der Waals surface area contributed by atoms with Crippen LogP contribution in [-0.2, 0) is 0 Å². The minimum absolute atomic E-state index is 0.00248. The molecule has 2 aromatic heterocycles. The van der Waals surface area contributed by atoms with E-state index in [2.05, 4.69) is 36.6 Å². The Morgan fingerprint density at radius 2 is 1.57 bits per heavy atom. The van der Waals surface area contributed by atoms with E-state index in [0.29, 0.717) is 18.8 Å². The second kappa shape index (κ2) is 8.52.